The minimum Gasteiger partial charge on any atom is -0.491 e. The van der Waals surface area contributed by atoms with Gasteiger partial charge in [-0.2, -0.15) is 0 Å². The van der Waals surface area contributed by atoms with Crippen LogP contribution in [-0.2, 0) is 4.74 Å². The molecular formula is C16H24O3. The predicted molar refractivity (Wildman–Crippen MR) is 75.6 cm³/mol. The van der Waals surface area contributed by atoms with Gasteiger partial charge in [0, 0.05) is 17.9 Å². The van der Waals surface area contributed by atoms with Crippen molar-refractivity contribution in [2.45, 2.75) is 39.2 Å². The summed E-state index contributed by atoms with van der Waals surface area (Å²) in [5, 5.41) is 9.61. The molecule has 0 aromatic heterocycles. The monoisotopic (exact) mass is 264 g/mol. The topological polar surface area (TPSA) is 38.7 Å². The Morgan fingerprint density at radius 3 is 2.32 bits per heavy atom. The van der Waals surface area contributed by atoms with Gasteiger partial charge in [0.05, 0.1) is 19.3 Å². The lowest BCUT2D eigenvalue weighted by atomic mass is 9.77. The van der Waals surface area contributed by atoms with Crippen molar-refractivity contribution in [2.24, 2.45) is 5.41 Å². The third-order valence-corrected chi connectivity index (χ3v) is 3.58. The Morgan fingerprint density at radius 2 is 1.89 bits per heavy atom. The highest BCUT2D eigenvalue weighted by Gasteiger charge is 2.35. The zero-order valence-electron chi connectivity index (χ0n) is 12.1. The summed E-state index contributed by atoms with van der Waals surface area (Å²) >= 11 is 0. The smallest absolute Gasteiger partial charge is 0.119 e. The van der Waals surface area contributed by atoms with E-state index in [0.29, 0.717) is 0 Å². The van der Waals surface area contributed by atoms with E-state index in [0.717, 1.165) is 25.4 Å². The molecule has 0 aliphatic carbocycles. The highest BCUT2D eigenvalue weighted by atomic mass is 16.5. The van der Waals surface area contributed by atoms with Gasteiger partial charge in [0.25, 0.3) is 0 Å². The van der Waals surface area contributed by atoms with Crippen LogP contribution in [-0.4, -0.2) is 31.0 Å². The molecule has 19 heavy (non-hydrogen) atoms. The lowest BCUT2D eigenvalue weighted by Gasteiger charge is -2.40. The Kier molecular flexibility index (Phi) is 4.48. The van der Waals surface area contributed by atoms with E-state index >= 15 is 0 Å². The van der Waals surface area contributed by atoms with Crippen molar-refractivity contribution in [1.29, 1.82) is 0 Å². The second-order valence-electron chi connectivity index (χ2n) is 6.12. The molecule has 0 amide bonds. The molecule has 1 aromatic carbocycles. The molecule has 0 saturated carbocycles. The number of hydrogen-bond acceptors (Lipinski definition) is 3. The fourth-order valence-corrected chi connectivity index (χ4v) is 2.54. The molecule has 2 rings (SSSR count). The summed E-state index contributed by atoms with van der Waals surface area (Å²) in [5.41, 5.74) is 1.40. The molecule has 1 aromatic rings. The zero-order chi connectivity index (χ0) is 13.9. The molecule has 1 N–H and O–H groups in total. The maximum atomic E-state index is 9.61. The van der Waals surface area contributed by atoms with E-state index in [-0.39, 0.29) is 24.0 Å². The van der Waals surface area contributed by atoms with Gasteiger partial charge in [-0.15, -0.1) is 0 Å². The van der Waals surface area contributed by atoms with Crippen LogP contribution in [0.4, 0.5) is 0 Å². The largest absolute Gasteiger partial charge is 0.491 e. The average Bonchev–Trinajstić information content (AvgIpc) is 2.34. The molecular weight excluding hydrogens is 240 g/mol. The standard InChI is InChI=1S/C16H24O3/c1-12(2)19-15-6-4-13(5-7-15)14(9-17)8-16(3)10-18-11-16/h4-7,12,14,17H,8-11H2,1-3H3. The first kappa shape index (κ1) is 14.4. The van der Waals surface area contributed by atoms with Crippen molar-refractivity contribution in [3.8, 4) is 5.75 Å². The first-order chi connectivity index (χ1) is 9.02. The molecule has 0 bridgehead atoms. The Hall–Kier alpha value is -1.06. The summed E-state index contributed by atoms with van der Waals surface area (Å²) in [6.07, 6.45) is 1.15. The first-order valence-corrected chi connectivity index (χ1v) is 6.98. The molecule has 3 heteroatoms. The van der Waals surface area contributed by atoms with Gasteiger partial charge in [-0.3, -0.25) is 0 Å². The van der Waals surface area contributed by atoms with Gasteiger partial charge < -0.3 is 14.6 Å². The number of benzene rings is 1. The van der Waals surface area contributed by atoms with Gasteiger partial charge in [-0.05, 0) is 38.0 Å². The van der Waals surface area contributed by atoms with Crippen LogP contribution in [0.1, 0.15) is 38.7 Å². The summed E-state index contributed by atoms with van der Waals surface area (Å²) in [6.45, 7) is 8.04. The van der Waals surface area contributed by atoms with E-state index in [9.17, 15) is 5.11 Å². The maximum Gasteiger partial charge on any atom is 0.119 e. The molecule has 1 unspecified atom stereocenters. The molecule has 1 aliphatic rings. The Balaban J connectivity index is 2.02. The SMILES string of the molecule is CC(C)Oc1ccc(C(CO)CC2(C)COC2)cc1. The van der Waals surface area contributed by atoms with Gasteiger partial charge in [-0.25, -0.2) is 0 Å². The van der Waals surface area contributed by atoms with Crippen LogP contribution in [0.2, 0.25) is 0 Å². The van der Waals surface area contributed by atoms with Crippen LogP contribution < -0.4 is 4.74 Å². The van der Waals surface area contributed by atoms with Crippen molar-refractivity contribution in [2.75, 3.05) is 19.8 Å². The molecule has 3 nitrogen and oxygen atoms in total. The van der Waals surface area contributed by atoms with Crippen LogP contribution in [0.15, 0.2) is 24.3 Å². The third-order valence-electron chi connectivity index (χ3n) is 3.58. The van der Waals surface area contributed by atoms with Crippen molar-refractivity contribution in [3.63, 3.8) is 0 Å². The zero-order valence-corrected chi connectivity index (χ0v) is 12.1. The maximum absolute atomic E-state index is 9.61. The minimum absolute atomic E-state index is 0.181. The van der Waals surface area contributed by atoms with Crippen LogP contribution in [0, 0.1) is 5.41 Å². The number of aliphatic hydroxyl groups is 1. The van der Waals surface area contributed by atoms with E-state index in [1.54, 1.807) is 0 Å². The fourth-order valence-electron chi connectivity index (χ4n) is 2.54. The first-order valence-electron chi connectivity index (χ1n) is 6.98. The Morgan fingerprint density at radius 1 is 1.26 bits per heavy atom. The minimum atomic E-state index is 0.181. The van der Waals surface area contributed by atoms with Crippen molar-refractivity contribution in [1.82, 2.24) is 0 Å². The van der Waals surface area contributed by atoms with E-state index in [2.05, 4.69) is 19.1 Å². The van der Waals surface area contributed by atoms with E-state index in [1.807, 2.05) is 26.0 Å². The van der Waals surface area contributed by atoms with Crippen molar-refractivity contribution in [3.05, 3.63) is 29.8 Å². The number of aliphatic hydroxyl groups excluding tert-OH is 1. The summed E-state index contributed by atoms with van der Waals surface area (Å²) in [7, 11) is 0. The van der Waals surface area contributed by atoms with Gasteiger partial charge >= 0.3 is 0 Å². The van der Waals surface area contributed by atoms with E-state index in [4.69, 9.17) is 9.47 Å². The van der Waals surface area contributed by atoms with Crippen LogP contribution in [0.3, 0.4) is 0 Å². The number of ether oxygens (including phenoxy) is 2. The van der Waals surface area contributed by atoms with E-state index < -0.39 is 0 Å². The fraction of sp³-hybridized carbons (Fsp3) is 0.625. The molecule has 1 saturated heterocycles. The van der Waals surface area contributed by atoms with Gasteiger partial charge in [0.1, 0.15) is 5.75 Å². The Bertz CT molecular complexity index is 393. The third kappa shape index (κ3) is 3.71. The number of rotatable bonds is 6. The van der Waals surface area contributed by atoms with Crippen LogP contribution >= 0.6 is 0 Å². The highest BCUT2D eigenvalue weighted by Crippen LogP contribution is 2.37. The molecule has 0 radical (unpaired) electrons. The second-order valence-corrected chi connectivity index (χ2v) is 6.12. The van der Waals surface area contributed by atoms with Gasteiger partial charge in [0.2, 0.25) is 0 Å². The summed E-state index contributed by atoms with van der Waals surface area (Å²) < 4.78 is 10.9. The highest BCUT2D eigenvalue weighted by molar-refractivity contribution is 5.30. The van der Waals surface area contributed by atoms with E-state index in [1.165, 1.54) is 5.56 Å². The second kappa shape index (κ2) is 5.93. The lowest BCUT2D eigenvalue weighted by molar-refractivity contribution is -0.110. The normalized spacial score (nSPS) is 19.0. The van der Waals surface area contributed by atoms with Crippen LogP contribution in [0.25, 0.3) is 0 Å². The molecule has 1 aliphatic heterocycles. The lowest BCUT2D eigenvalue weighted by Crippen LogP contribution is -2.41. The molecule has 1 atom stereocenters. The molecule has 1 heterocycles. The van der Waals surface area contributed by atoms with Gasteiger partial charge in [-0.1, -0.05) is 19.1 Å². The van der Waals surface area contributed by atoms with Gasteiger partial charge in [0.15, 0.2) is 0 Å². The van der Waals surface area contributed by atoms with Crippen molar-refractivity contribution < 1.29 is 14.6 Å². The molecule has 0 spiro atoms. The average molecular weight is 264 g/mol. The Labute approximate surface area is 115 Å². The summed E-state index contributed by atoms with van der Waals surface area (Å²) in [4.78, 5) is 0. The summed E-state index contributed by atoms with van der Waals surface area (Å²) in [5.74, 6) is 1.07. The summed E-state index contributed by atoms with van der Waals surface area (Å²) in [6, 6.07) is 8.08. The van der Waals surface area contributed by atoms with Crippen LogP contribution in [0.5, 0.6) is 5.75 Å². The quantitative estimate of drug-likeness (QED) is 0.858. The molecule has 1 fully saturated rings. The van der Waals surface area contributed by atoms with Crippen molar-refractivity contribution >= 4 is 0 Å². The predicted octanol–water partition coefficient (Wildman–Crippen LogP) is 2.98. The molecule has 106 valence electrons. The number of hydrogen-bond donors (Lipinski definition) is 1.